The van der Waals surface area contributed by atoms with Crippen LogP contribution in [-0.2, 0) is 6.54 Å². The Labute approximate surface area is 111 Å². The molecule has 5 heteroatoms. The van der Waals surface area contributed by atoms with E-state index in [1.807, 2.05) is 10.6 Å². The van der Waals surface area contributed by atoms with E-state index >= 15 is 0 Å². The van der Waals surface area contributed by atoms with Crippen molar-refractivity contribution >= 4 is 5.82 Å². The molecule has 1 heterocycles. The molecule has 0 bridgehead atoms. The molecule has 4 nitrogen and oxygen atoms in total. The number of halogens is 1. The highest BCUT2D eigenvalue weighted by atomic mass is 19.1. The number of hydrogen-bond acceptors (Lipinski definition) is 3. The molecule has 2 aromatic rings. The molecule has 0 radical (unpaired) electrons. The van der Waals surface area contributed by atoms with E-state index < -0.39 is 5.82 Å². The predicted octanol–water partition coefficient (Wildman–Crippen LogP) is 2.80. The molecule has 0 amide bonds. The maximum atomic E-state index is 13.3. The van der Waals surface area contributed by atoms with Gasteiger partial charge >= 0.3 is 0 Å². The smallest absolute Gasteiger partial charge is 0.140 e. The lowest BCUT2D eigenvalue weighted by Gasteiger charge is -2.08. The first-order valence-corrected chi connectivity index (χ1v) is 6.03. The predicted molar refractivity (Wildman–Crippen MR) is 71.6 cm³/mol. The number of nitrogen functional groups attached to an aromatic ring is 1. The van der Waals surface area contributed by atoms with Gasteiger partial charge in [0.2, 0.25) is 0 Å². The molecule has 1 aromatic carbocycles. The summed E-state index contributed by atoms with van der Waals surface area (Å²) in [6.45, 7) is 4.95. The fraction of sp³-hybridized carbons (Fsp3) is 0.286. The summed E-state index contributed by atoms with van der Waals surface area (Å²) < 4.78 is 15.1. The van der Waals surface area contributed by atoms with Gasteiger partial charge in [0.05, 0.1) is 11.9 Å². The summed E-state index contributed by atoms with van der Waals surface area (Å²) in [5, 5.41) is 8.84. The molecule has 0 aliphatic heterocycles. The number of nitrogens with zero attached hydrogens (tertiary/aromatic N) is 3. The molecule has 0 atom stereocenters. The van der Waals surface area contributed by atoms with Crippen molar-refractivity contribution in [2.45, 2.75) is 20.4 Å². The fourth-order valence-electron chi connectivity index (χ4n) is 1.91. The zero-order chi connectivity index (χ0) is 14.0. The van der Waals surface area contributed by atoms with Gasteiger partial charge in [0.1, 0.15) is 23.4 Å². The molecule has 98 valence electrons. The van der Waals surface area contributed by atoms with Crippen LogP contribution in [0.4, 0.5) is 10.2 Å². The van der Waals surface area contributed by atoms with Crippen LogP contribution in [0.2, 0.25) is 0 Å². The molecule has 0 saturated carbocycles. The lowest BCUT2D eigenvalue weighted by molar-refractivity contribution is 0.527. The molecule has 2 N–H and O–H groups in total. The van der Waals surface area contributed by atoms with Gasteiger partial charge in [-0.25, -0.2) is 9.37 Å². The lowest BCUT2D eigenvalue weighted by atomic mass is 10.1. The van der Waals surface area contributed by atoms with Gasteiger partial charge in [0.15, 0.2) is 0 Å². The highest BCUT2D eigenvalue weighted by molar-refractivity contribution is 5.71. The van der Waals surface area contributed by atoms with E-state index in [9.17, 15) is 4.39 Å². The summed E-state index contributed by atoms with van der Waals surface area (Å²) in [5.41, 5.74) is 7.26. The van der Waals surface area contributed by atoms with Gasteiger partial charge in [-0.2, -0.15) is 5.26 Å². The monoisotopic (exact) mass is 258 g/mol. The Bertz CT molecular complexity index is 637. The average Bonchev–Trinajstić information content (AvgIpc) is 2.71. The molecule has 0 spiro atoms. The number of anilines is 1. The van der Waals surface area contributed by atoms with Crippen LogP contribution >= 0.6 is 0 Å². The molecule has 0 aliphatic rings. The molecule has 0 fully saturated rings. The van der Waals surface area contributed by atoms with Gasteiger partial charge in [0.25, 0.3) is 0 Å². The van der Waals surface area contributed by atoms with E-state index in [2.05, 4.69) is 18.8 Å². The first kappa shape index (κ1) is 13.1. The molecule has 0 saturated heterocycles. The van der Waals surface area contributed by atoms with Gasteiger partial charge < -0.3 is 10.3 Å². The number of hydrogen-bond donors (Lipinski definition) is 1. The molecular formula is C14H15FN4. The number of nitriles is 1. The summed E-state index contributed by atoms with van der Waals surface area (Å²) in [7, 11) is 0. The van der Waals surface area contributed by atoms with Crippen LogP contribution in [0.3, 0.4) is 0 Å². The van der Waals surface area contributed by atoms with E-state index in [0.29, 0.717) is 23.0 Å². The van der Waals surface area contributed by atoms with Crippen LogP contribution in [-0.4, -0.2) is 9.55 Å². The van der Waals surface area contributed by atoms with Gasteiger partial charge in [-0.3, -0.25) is 0 Å². The number of aromatic nitrogens is 2. The van der Waals surface area contributed by atoms with E-state index in [0.717, 1.165) is 6.54 Å². The first-order chi connectivity index (χ1) is 9.02. The number of imidazole rings is 1. The van der Waals surface area contributed by atoms with E-state index in [1.54, 1.807) is 12.4 Å². The van der Waals surface area contributed by atoms with Crippen LogP contribution < -0.4 is 5.73 Å². The molecule has 0 aliphatic carbocycles. The number of rotatable bonds is 3. The topological polar surface area (TPSA) is 67.6 Å². The Morgan fingerprint density at radius 3 is 2.84 bits per heavy atom. The summed E-state index contributed by atoms with van der Waals surface area (Å²) >= 11 is 0. The highest BCUT2D eigenvalue weighted by Gasteiger charge is 2.12. The van der Waals surface area contributed by atoms with Crippen molar-refractivity contribution in [3.63, 3.8) is 0 Å². The Morgan fingerprint density at radius 2 is 2.21 bits per heavy atom. The Kier molecular flexibility index (Phi) is 3.52. The second kappa shape index (κ2) is 5.11. The number of benzene rings is 1. The second-order valence-corrected chi connectivity index (χ2v) is 4.83. The van der Waals surface area contributed by atoms with Crippen LogP contribution in [0.5, 0.6) is 0 Å². The van der Waals surface area contributed by atoms with E-state index in [4.69, 9.17) is 11.0 Å². The van der Waals surface area contributed by atoms with Crippen molar-refractivity contribution < 1.29 is 4.39 Å². The number of nitrogens with two attached hydrogens (primary N) is 1. The van der Waals surface area contributed by atoms with Gasteiger partial charge in [-0.1, -0.05) is 13.8 Å². The van der Waals surface area contributed by atoms with Crippen molar-refractivity contribution in [3.05, 3.63) is 35.9 Å². The van der Waals surface area contributed by atoms with Crippen LogP contribution in [0.25, 0.3) is 11.3 Å². The Hall–Kier alpha value is -2.35. The molecule has 2 rings (SSSR count). The zero-order valence-corrected chi connectivity index (χ0v) is 10.9. The summed E-state index contributed by atoms with van der Waals surface area (Å²) in [5.74, 6) is 0.447. The lowest BCUT2D eigenvalue weighted by Crippen LogP contribution is -2.06. The molecule has 19 heavy (non-hydrogen) atoms. The summed E-state index contributed by atoms with van der Waals surface area (Å²) in [4.78, 5) is 4.25. The summed E-state index contributed by atoms with van der Waals surface area (Å²) in [6.07, 6.45) is 1.67. The highest BCUT2D eigenvalue weighted by Crippen LogP contribution is 2.26. The van der Waals surface area contributed by atoms with Crippen molar-refractivity contribution in [2.75, 3.05) is 5.73 Å². The molecule has 0 unspecified atom stereocenters. The average molecular weight is 258 g/mol. The molecular weight excluding hydrogens is 243 g/mol. The van der Waals surface area contributed by atoms with E-state index in [1.165, 1.54) is 12.1 Å². The van der Waals surface area contributed by atoms with Crippen molar-refractivity contribution in [3.8, 4) is 17.3 Å². The largest absolute Gasteiger partial charge is 0.383 e. The standard InChI is InChI=1S/C14H15FN4/c1-9(2)7-19-8-18-13(14(19)17)10-3-4-12(15)11(5-10)6-16/h3-5,8-9H,7,17H2,1-2H3. The zero-order valence-electron chi connectivity index (χ0n) is 10.9. The van der Waals surface area contributed by atoms with Gasteiger partial charge in [-0.15, -0.1) is 0 Å². The summed E-state index contributed by atoms with van der Waals surface area (Å²) in [6, 6.07) is 6.12. The first-order valence-electron chi connectivity index (χ1n) is 6.03. The minimum Gasteiger partial charge on any atom is -0.383 e. The third kappa shape index (κ3) is 2.58. The van der Waals surface area contributed by atoms with Crippen LogP contribution in [0.1, 0.15) is 19.4 Å². The van der Waals surface area contributed by atoms with Crippen molar-refractivity contribution in [1.29, 1.82) is 5.26 Å². The maximum Gasteiger partial charge on any atom is 0.140 e. The Balaban J connectivity index is 2.43. The molecule has 1 aromatic heterocycles. The Morgan fingerprint density at radius 1 is 1.47 bits per heavy atom. The van der Waals surface area contributed by atoms with Gasteiger partial charge in [0, 0.05) is 12.1 Å². The van der Waals surface area contributed by atoms with Crippen LogP contribution in [0.15, 0.2) is 24.5 Å². The maximum absolute atomic E-state index is 13.3. The van der Waals surface area contributed by atoms with E-state index in [-0.39, 0.29) is 5.56 Å². The van der Waals surface area contributed by atoms with Crippen molar-refractivity contribution in [2.24, 2.45) is 5.92 Å². The SMILES string of the molecule is CC(C)Cn1cnc(-c2ccc(F)c(C#N)c2)c1N. The minimum absolute atomic E-state index is 0.00434. The van der Waals surface area contributed by atoms with Crippen molar-refractivity contribution in [1.82, 2.24) is 9.55 Å². The minimum atomic E-state index is -0.536. The van der Waals surface area contributed by atoms with Crippen LogP contribution in [0, 0.1) is 23.1 Å². The normalized spacial score (nSPS) is 10.7. The second-order valence-electron chi connectivity index (χ2n) is 4.83. The fourth-order valence-corrected chi connectivity index (χ4v) is 1.91. The third-order valence-electron chi connectivity index (χ3n) is 2.80. The quantitative estimate of drug-likeness (QED) is 0.920. The van der Waals surface area contributed by atoms with Gasteiger partial charge in [-0.05, 0) is 24.1 Å². The third-order valence-corrected chi connectivity index (χ3v) is 2.80.